The molecule has 0 atom stereocenters. The Morgan fingerprint density at radius 2 is 1.10 bits per heavy atom. The van der Waals surface area contributed by atoms with E-state index >= 15 is 0 Å². The van der Waals surface area contributed by atoms with Crippen LogP contribution < -0.4 is 25.1 Å². The van der Waals surface area contributed by atoms with Gasteiger partial charge in [-0.2, -0.15) is 0 Å². The summed E-state index contributed by atoms with van der Waals surface area (Å²) < 4.78 is 38.3. The quantitative estimate of drug-likeness (QED) is 0.0341. The van der Waals surface area contributed by atoms with E-state index in [1.54, 1.807) is 105 Å². The van der Waals surface area contributed by atoms with Gasteiger partial charge in [-0.05, 0) is 80.6 Å². The minimum Gasteiger partial charge on any atom is -0.508 e. The van der Waals surface area contributed by atoms with Crippen LogP contribution in [0.25, 0.3) is 54.3 Å². The second-order valence-electron chi connectivity index (χ2n) is 14.9. The first-order valence-corrected chi connectivity index (χ1v) is 20.8. The molecule has 0 bridgehead atoms. The van der Waals surface area contributed by atoms with Crippen molar-refractivity contribution in [1.82, 2.24) is 0 Å². The molecule has 9 rings (SSSR count). The number of aromatic hydroxyl groups is 1. The summed E-state index contributed by atoms with van der Waals surface area (Å²) in [5.41, 5.74) is 4.32. The maximum atomic E-state index is 12.4. The average molecular weight is 909 g/mol. The number of benzene rings is 6. The van der Waals surface area contributed by atoms with Gasteiger partial charge in [-0.15, -0.1) is 0 Å². The van der Waals surface area contributed by atoms with Gasteiger partial charge in [0, 0.05) is 46.0 Å². The Morgan fingerprint density at radius 1 is 0.618 bits per heavy atom. The van der Waals surface area contributed by atoms with Gasteiger partial charge in [0.15, 0.2) is 0 Å². The Morgan fingerprint density at radius 3 is 1.68 bits per heavy atom. The summed E-state index contributed by atoms with van der Waals surface area (Å²) in [7, 11) is 0. The summed E-state index contributed by atoms with van der Waals surface area (Å²) in [6.45, 7) is 18.1. The van der Waals surface area contributed by atoms with Gasteiger partial charge in [-0.1, -0.05) is 55.6 Å². The molecular weight excluding hydrogens is 869 g/mol. The molecule has 0 fully saturated rings. The van der Waals surface area contributed by atoms with E-state index in [4.69, 9.17) is 39.1 Å². The first kappa shape index (κ1) is 46.6. The van der Waals surface area contributed by atoms with Crippen LogP contribution in [0.15, 0.2) is 176 Å². The summed E-state index contributed by atoms with van der Waals surface area (Å²) >= 11 is 0. The van der Waals surface area contributed by atoms with E-state index in [0.29, 0.717) is 94.7 Å². The van der Waals surface area contributed by atoms with Gasteiger partial charge in [0.2, 0.25) is 10.9 Å². The molecule has 0 unspecified atom stereocenters. The lowest BCUT2D eigenvalue weighted by molar-refractivity contribution is -0.140. The van der Waals surface area contributed by atoms with Crippen molar-refractivity contribution in [3.8, 4) is 34.8 Å². The van der Waals surface area contributed by atoms with Crippen molar-refractivity contribution >= 4 is 61.4 Å². The second-order valence-corrected chi connectivity index (χ2v) is 14.9. The minimum absolute atomic E-state index is 0.00243. The number of allylic oxidation sites excluding steroid dienone is 1. The molecule has 1 aliphatic heterocycles. The minimum atomic E-state index is -0.466. The normalized spacial score (nSPS) is 11.7. The lowest BCUT2D eigenvalue weighted by Gasteiger charge is -2.23. The molecule has 2 aromatic heterocycles. The van der Waals surface area contributed by atoms with Crippen molar-refractivity contribution in [3.63, 3.8) is 0 Å². The number of carbonyl (C=O) groups excluding carboxylic acids is 2. The number of phenolic OH excluding ortho intramolecular Hbond substituents is 1. The number of carbonyl (C=O) groups is 2. The Bertz CT molecular complexity index is 3520. The summed E-state index contributed by atoms with van der Waals surface area (Å²) in [6, 6.07) is 38.0. The Kier molecular flexibility index (Phi) is 14.4. The van der Waals surface area contributed by atoms with Gasteiger partial charge in [0.1, 0.15) is 77.5 Å². The van der Waals surface area contributed by atoms with E-state index in [2.05, 4.69) is 18.0 Å². The molecule has 0 radical (unpaired) electrons. The van der Waals surface area contributed by atoms with Crippen molar-refractivity contribution in [3.05, 3.63) is 200 Å². The fourth-order valence-corrected chi connectivity index (χ4v) is 6.80. The van der Waals surface area contributed by atoms with Crippen LogP contribution in [0, 0.1) is 17.9 Å². The fraction of sp³-hybridized carbons (Fsp3) is 0.111. The number of ether oxygens (including phenoxy) is 5. The van der Waals surface area contributed by atoms with E-state index in [0.717, 1.165) is 0 Å². The highest BCUT2D eigenvalue weighted by Crippen LogP contribution is 2.46. The zero-order valence-corrected chi connectivity index (χ0v) is 36.7. The predicted molar refractivity (Wildman–Crippen MR) is 255 cm³/mol. The maximum absolute atomic E-state index is 12.4. The third-order valence-corrected chi connectivity index (χ3v) is 10.0. The summed E-state index contributed by atoms with van der Waals surface area (Å²) in [5, 5.41) is 20.8. The van der Waals surface area contributed by atoms with Gasteiger partial charge in [-0.25, -0.2) is 19.7 Å². The van der Waals surface area contributed by atoms with Crippen molar-refractivity contribution in [2.24, 2.45) is 0 Å². The standard InChI is InChI=1S/C22H16N2O4.C19H16O5.C13H8O3/c1-14(2)22(25)27-11-10-26-15-8-9-17-20(12-15)28-19-7-5-4-6-16(19)21(17)18(13-23)24-3;1-12(2)19(21)23-10-9-22-13-7-8-15-17(11-13)24-16-6-4-3-5-14(16)18(15)20;14-8-5-6-10-12(7-8)16-11-4-2-1-3-9(11)13(10)15/h4-9,12H,1,10-11H2,2H3;3-8,11H,1,9-10H2,2H3;1-7,14H/b21-18+;;. The molecular formula is C54H40N2O12. The highest BCUT2D eigenvalue weighted by molar-refractivity contribution is 5.93. The summed E-state index contributed by atoms with van der Waals surface area (Å²) in [4.78, 5) is 50.5. The number of para-hydroxylation sites is 3. The molecule has 8 aromatic rings. The van der Waals surface area contributed by atoms with E-state index in [9.17, 15) is 29.5 Å². The number of hydrogen-bond donors (Lipinski definition) is 1. The monoisotopic (exact) mass is 908 g/mol. The third kappa shape index (κ3) is 10.6. The summed E-state index contributed by atoms with van der Waals surface area (Å²) in [6.07, 6.45) is 0. The lowest BCUT2D eigenvalue weighted by Crippen LogP contribution is -2.12. The highest BCUT2D eigenvalue weighted by atomic mass is 16.6. The molecule has 14 heteroatoms. The second kappa shape index (κ2) is 21.1. The van der Waals surface area contributed by atoms with E-state index in [1.165, 1.54) is 12.1 Å². The molecule has 0 amide bonds. The van der Waals surface area contributed by atoms with Gasteiger partial charge >= 0.3 is 11.9 Å². The first-order valence-electron chi connectivity index (χ1n) is 20.8. The number of nitrogens with zero attached hydrogens (tertiary/aromatic N) is 2. The van der Waals surface area contributed by atoms with E-state index in [-0.39, 0.29) is 48.7 Å². The largest absolute Gasteiger partial charge is 0.508 e. The number of rotatable bonds is 10. The zero-order chi connectivity index (χ0) is 48.3. The summed E-state index contributed by atoms with van der Waals surface area (Å²) in [5.74, 6) is 1.28. The molecule has 0 saturated heterocycles. The highest BCUT2D eigenvalue weighted by Gasteiger charge is 2.25. The number of fused-ring (bicyclic) bond motifs is 6. The molecule has 6 aromatic carbocycles. The van der Waals surface area contributed by atoms with Crippen LogP contribution in [-0.2, 0) is 19.1 Å². The smallest absolute Gasteiger partial charge is 0.333 e. The molecule has 1 N–H and O–H groups in total. The molecule has 1 aliphatic rings. The van der Waals surface area contributed by atoms with Crippen LogP contribution in [0.5, 0.6) is 28.7 Å². The molecule has 0 spiro atoms. The number of phenols is 1. The van der Waals surface area contributed by atoms with Crippen LogP contribution in [-0.4, -0.2) is 43.5 Å². The van der Waals surface area contributed by atoms with E-state index < -0.39 is 11.9 Å². The Labute approximate surface area is 388 Å². The number of esters is 2. The van der Waals surface area contributed by atoms with Crippen LogP contribution in [0.1, 0.15) is 25.0 Å². The van der Waals surface area contributed by atoms with Crippen LogP contribution >= 0.6 is 0 Å². The fourth-order valence-electron chi connectivity index (χ4n) is 6.80. The Hall–Kier alpha value is -9.40. The SMILES string of the molecule is C=C(C)C(=O)OCCOc1ccc2c(=O)c3ccccc3oc2c1.O=c1c2ccccc2oc2cc(O)ccc12.[C-]#[N+]/C(C#N)=C1\c2ccccc2Oc2cc(OCCOC(=O)C(=C)C)ccc21. The molecule has 68 heavy (non-hydrogen) atoms. The van der Waals surface area contributed by atoms with Crippen molar-refractivity contribution in [2.75, 3.05) is 26.4 Å². The number of hydrogen-bond acceptors (Lipinski definition) is 13. The van der Waals surface area contributed by atoms with Crippen molar-refractivity contribution in [2.45, 2.75) is 13.8 Å². The molecule has 3 heterocycles. The third-order valence-electron chi connectivity index (χ3n) is 10.0. The van der Waals surface area contributed by atoms with Gasteiger partial charge in [0.05, 0.1) is 34.2 Å². The maximum Gasteiger partial charge on any atom is 0.333 e. The van der Waals surface area contributed by atoms with E-state index in [1.807, 2.05) is 30.3 Å². The lowest BCUT2D eigenvalue weighted by atomic mass is 9.92. The topological polar surface area (TPSA) is 189 Å². The molecule has 338 valence electrons. The predicted octanol–water partition coefficient (Wildman–Crippen LogP) is 10.6. The van der Waals surface area contributed by atoms with Gasteiger partial charge in [0.25, 0.3) is 5.70 Å². The van der Waals surface area contributed by atoms with Crippen LogP contribution in [0.3, 0.4) is 0 Å². The zero-order valence-electron chi connectivity index (χ0n) is 36.7. The van der Waals surface area contributed by atoms with Gasteiger partial charge in [-0.3, -0.25) is 9.59 Å². The van der Waals surface area contributed by atoms with Crippen molar-refractivity contribution in [1.29, 1.82) is 5.26 Å². The number of nitriles is 1. The average Bonchev–Trinajstić information content (AvgIpc) is 3.34. The Balaban J connectivity index is 0.000000156. The molecule has 0 saturated carbocycles. The van der Waals surface area contributed by atoms with Crippen LogP contribution in [0.4, 0.5) is 0 Å². The molecule has 0 aliphatic carbocycles. The van der Waals surface area contributed by atoms with Crippen molar-refractivity contribution < 1.29 is 47.2 Å². The molecule has 14 nitrogen and oxygen atoms in total. The van der Waals surface area contributed by atoms with Crippen LogP contribution in [0.2, 0.25) is 0 Å². The van der Waals surface area contributed by atoms with Gasteiger partial charge < -0.3 is 37.6 Å². The first-order chi connectivity index (χ1) is 32.9.